The summed E-state index contributed by atoms with van der Waals surface area (Å²) in [6.45, 7) is 4.54. The topological polar surface area (TPSA) is 42.0 Å². The number of carbonyl (C=O) groups is 1. The van der Waals surface area contributed by atoms with E-state index in [1.807, 2.05) is 18.2 Å². The number of ketones is 1. The average Bonchev–Trinajstić information content (AvgIpc) is 2.94. The summed E-state index contributed by atoms with van der Waals surface area (Å²) in [6.07, 6.45) is 3.40. The number of anilines is 1. The third kappa shape index (κ3) is 3.73. The molecule has 134 valence electrons. The predicted molar refractivity (Wildman–Crippen MR) is 101 cm³/mol. The Balaban J connectivity index is 1.36. The molecule has 2 aliphatic rings. The summed E-state index contributed by atoms with van der Waals surface area (Å²) >= 11 is 0. The molecule has 4 rings (SSSR count). The zero-order chi connectivity index (χ0) is 17.8. The minimum Gasteiger partial charge on any atom is -0.485 e. The molecule has 0 amide bonds. The molecule has 1 fully saturated rings. The third-order valence-corrected chi connectivity index (χ3v) is 4.75. The number of nitrogens with zero attached hydrogens (tertiary/aromatic N) is 2. The van der Waals surface area contributed by atoms with Gasteiger partial charge < -0.3 is 14.4 Å². The standard InChI is InChI=1S/C21H22N2O3/c24-19(17-7-8-20-21(15-17)26-14-4-13-25-20)16-22-9-11-23(12-10-22)18-5-2-1-3-6-18/h1-8,14-15H,9-13,16H2. The van der Waals surface area contributed by atoms with Crippen molar-refractivity contribution in [2.75, 3.05) is 44.2 Å². The maximum Gasteiger partial charge on any atom is 0.176 e. The van der Waals surface area contributed by atoms with E-state index in [4.69, 9.17) is 9.47 Å². The van der Waals surface area contributed by atoms with Gasteiger partial charge in [-0.3, -0.25) is 9.69 Å². The third-order valence-electron chi connectivity index (χ3n) is 4.75. The van der Waals surface area contributed by atoms with Crippen LogP contribution in [0.2, 0.25) is 0 Å². The molecule has 0 aromatic heterocycles. The van der Waals surface area contributed by atoms with Gasteiger partial charge >= 0.3 is 0 Å². The number of para-hydroxylation sites is 1. The van der Waals surface area contributed by atoms with Crippen LogP contribution in [-0.2, 0) is 0 Å². The van der Waals surface area contributed by atoms with Gasteiger partial charge in [0.25, 0.3) is 0 Å². The van der Waals surface area contributed by atoms with E-state index in [2.05, 4.69) is 34.1 Å². The first-order chi connectivity index (χ1) is 12.8. The molecule has 0 aliphatic carbocycles. The summed E-state index contributed by atoms with van der Waals surface area (Å²) in [5.74, 6) is 1.37. The summed E-state index contributed by atoms with van der Waals surface area (Å²) < 4.78 is 11.1. The molecule has 5 nitrogen and oxygen atoms in total. The van der Waals surface area contributed by atoms with Crippen LogP contribution < -0.4 is 14.4 Å². The molecule has 26 heavy (non-hydrogen) atoms. The van der Waals surface area contributed by atoms with Gasteiger partial charge in [-0.25, -0.2) is 0 Å². The molecule has 2 aliphatic heterocycles. The van der Waals surface area contributed by atoms with E-state index in [1.165, 1.54) is 5.69 Å². The molecule has 0 unspecified atom stereocenters. The second-order valence-electron chi connectivity index (χ2n) is 6.48. The number of fused-ring (bicyclic) bond motifs is 1. The quantitative estimate of drug-likeness (QED) is 0.793. The van der Waals surface area contributed by atoms with Crippen LogP contribution in [0.4, 0.5) is 5.69 Å². The molecule has 1 saturated heterocycles. The van der Waals surface area contributed by atoms with Crippen LogP contribution in [0.3, 0.4) is 0 Å². The summed E-state index contributed by atoms with van der Waals surface area (Å²) in [6, 6.07) is 15.8. The minimum absolute atomic E-state index is 0.109. The molecule has 0 spiro atoms. The number of hydrogen-bond donors (Lipinski definition) is 0. The van der Waals surface area contributed by atoms with E-state index in [1.54, 1.807) is 18.4 Å². The van der Waals surface area contributed by atoms with E-state index >= 15 is 0 Å². The Kier molecular flexibility index (Phi) is 4.88. The van der Waals surface area contributed by atoms with Gasteiger partial charge in [0.2, 0.25) is 0 Å². The van der Waals surface area contributed by atoms with Crippen molar-refractivity contribution >= 4 is 11.5 Å². The van der Waals surface area contributed by atoms with Gasteiger partial charge in [0.05, 0.1) is 12.8 Å². The van der Waals surface area contributed by atoms with Crippen LogP contribution in [0.5, 0.6) is 11.5 Å². The molecule has 0 saturated carbocycles. The lowest BCUT2D eigenvalue weighted by Crippen LogP contribution is -2.48. The maximum atomic E-state index is 12.7. The zero-order valence-electron chi connectivity index (χ0n) is 14.6. The van der Waals surface area contributed by atoms with Gasteiger partial charge in [0.15, 0.2) is 17.3 Å². The van der Waals surface area contributed by atoms with Crippen molar-refractivity contribution in [3.05, 3.63) is 66.4 Å². The summed E-state index contributed by atoms with van der Waals surface area (Å²) in [4.78, 5) is 17.2. The van der Waals surface area contributed by atoms with Crippen molar-refractivity contribution in [2.24, 2.45) is 0 Å². The van der Waals surface area contributed by atoms with Crippen molar-refractivity contribution in [1.82, 2.24) is 4.90 Å². The first kappa shape index (κ1) is 16.7. The monoisotopic (exact) mass is 350 g/mol. The number of ether oxygens (including phenoxy) is 2. The van der Waals surface area contributed by atoms with Crippen LogP contribution in [0.25, 0.3) is 0 Å². The fraction of sp³-hybridized carbons (Fsp3) is 0.286. The SMILES string of the molecule is O=C(CN1CCN(c2ccccc2)CC1)c1ccc2c(c1)OC=CCO2. The fourth-order valence-electron chi connectivity index (χ4n) is 3.29. The summed E-state index contributed by atoms with van der Waals surface area (Å²) in [7, 11) is 0. The number of rotatable bonds is 4. The first-order valence-corrected chi connectivity index (χ1v) is 8.94. The average molecular weight is 350 g/mol. The molecular weight excluding hydrogens is 328 g/mol. The molecule has 0 radical (unpaired) electrons. The molecule has 0 bridgehead atoms. The highest BCUT2D eigenvalue weighted by Gasteiger charge is 2.20. The molecule has 0 N–H and O–H groups in total. The minimum atomic E-state index is 0.109. The number of hydrogen-bond acceptors (Lipinski definition) is 5. The molecule has 5 heteroatoms. The molecule has 2 aromatic rings. The normalized spacial score (nSPS) is 17.0. The van der Waals surface area contributed by atoms with Crippen molar-refractivity contribution in [3.63, 3.8) is 0 Å². The van der Waals surface area contributed by atoms with Crippen molar-refractivity contribution in [3.8, 4) is 11.5 Å². The Morgan fingerprint density at radius 1 is 0.962 bits per heavy atom. The van der Waals surface area contributed by atoms with E-state index < -0.39 is 0 Å². The van der Waals surface area contributed by atoms with Gasteiger partial charge in [-0.1, -0.05) is 18.2 Å². The molecule has 2 heterocycles. The van der Waals surface area contributed by atoms with Crippen LogP contribution in [-0.4, -0.2) is 50.0 Å². The Labute approximate surface area is 153 Å². The van der Waals surface area contributed by atoms with Gasteiger partial charge in [-0.15, -0.1) is 0 Å². The predicted octanol–water partition coefficient (Wildman–Crippen LogP) is 2.98. The fourth-order valence-corrected chi connectivity index (χ4v) is 3.29. The summed E-state index contributed by atoms with van der Waals surface area (Å²) in [5.41, 5.74) is 1.91. The molecular formula is C21H22N2O3. The largest absolute Gasteiger partial charge is 0.485 e. The van der Waals surface area contributed by atoms with E-state index in [0.717, 1.165) is 26.2 Å². The Hall–Kier alpha value is -2.79. The number of Topliss-reactive ketones (excluding diaryl/α,β-unsaturated/α-hetero) is 1. The second kappa shape index (κ2) is 7.62. The zero-order valence-corrected chi connectivity index (χ0v) is 14.6. The smallest absolute Gasteiger partial charge is 0.176 e. The van der Waals surface area contributed by atoms with Gasteiger partial charge in [-0.05, 0) is 36.4 Å². The first-order valence-electron chi connectivity index (χ1n) is 8.94. The highest BCUT2D eigenvalue weighted by Crippen LogP contribution is 2.30. The second-order valence-corrected chi connectivity index (χ2v) is 6.48. The van der Waals surface area contributed by atoms with Gasteiger partial charge in [0, 0.05) is 37.4 Å². The van der Waals surface area contributed by atoms with Crippen LogP contribution in [0, 0.1) is 0 Å². The van der Waals surface area contributed by atoms with Crippen LogP contribution >= 0.6 is 0 Å². The number of carbonyl (C=O) groups excluding carboxylic acids is 1. The molecule has 2 aromatic carbocycles. The molecule has 0 atom stereocenters. The highest BCUT2D eigenvalue weighted by molar-refractivity contribution is 5.98. The lowest BCUT2D eigenvalue weighted by atomic mass is 10.1. The van der Waals surface area contributed by atoms with Crippen molar-refractivity contribution in [2.45, 2.75) is 0 Å². The highest BCUT2D eigenvalue weighted by atomic mass is 16.5. The lowest BCUT2D eigenvalue weighted by Gasteiger charge is -2.35. The van der Waals surface area contributed by atoms with E-state index in [-0.39, 0.29) is 5.78 Å². The van der Waals surface area contributed by atoms with Gasteiger partial charge in [0.1, 0.15) is 6.61 Å². The van der Waals surface area contributed by atoms with E-state index in [9.17, 15) is 4.79 Å². The summed E-state index contributed by atoms with van der Waals surface area (Å²) in [5, 5.41) is 0. The number of piperazine rings is 1. The van der Waals surface area contributed by atoms with Gasteiger partial charge in [-0.2, -0.15) is 0 Å². The maximum absolute atomic E-state index is 12.7. The lowest BCUT2D eigenvalue weighted by molar-refractivity contribution is 0.0926. The Bertz CT molecular complexity index is 796. The van der Waals surface area contributed by atoms with Crippen LogP contribution in [0.1, 0.15) is 10.4 Å². The van der Waals surface area contributed by atoms with E-state index in [0.29, 0.717) is 30.2 Å². The Morgan fingerprint density at radius 3 is 2.58 bits per heavy atom. The number of benzene rings is 2. The van der Waals surface area contributed by atoms with Crippen molar-refractivity contribution in [1.29, 1.82) is 0 Å². The van der Waals surface area contributed by atoms with Crippen LogP contribution in [0.15, 0.2) is 60.9 Å². The van der Waals surface area contributed by atoms with Crippen molar-refractivity contribution < 1.29 is 14.3 Å². The Morgan fingerprint density at radius 2 is 1.77 bits per heavy atom.